The maximum absolute atomic E-state index is 13.0. The molecule has 1 N–H and O–H groups in total. The SMILES string of the molecule is COc1cc(CNCc2ccccn2)cc(Br)c1OCc1ccc(F)cc1. The third-order valence-corrected chi connectivity index (χ3v) is 4.54. The number of halogens is 2. The van der Waals surface area contributed by atoms with Crippen molar-refractivity contribution in [2.75, 3.05) is 7.11 Å². The number of nitrogens with one attached hydrogen (secondary N) is 1. The van der Waals surface area contributed by atoms with Gasteiger partial charge in [-0.1, -0.05) is 18.2 Å². The quantitative estimate of drug-likeness (QED) is 0.553. The number of hydrogen-bond acceptors (Lipinski definition) is 4. The van der Waals surface area contributed by atoms with E-state index in [4.69, 9.17) is 9.47 Å². The van der Waals surface area contributed by atoms with Crippen molar-refractivity contribution in [3.63, 3.8) is 0 Å². The van der Waals surface area contributed by atoms with E-state index in [1.54, 1.807) is 25.4 Å². The van der Waals surface area contributed by atoms with E-state index in [-0.39, 0.29) is 5.82 Å². The van der Waals surface area contributed by atoms with Gasteiger partial charge >= 0.3 is 0 Å². The molecule has 6 heteroatoms. The van der Waals surface area contributed by atoms with Crippen LogP contribution >= 0.6 is 15.9 Å². The summed E-state index contributed by atoms with van der Waals surface area (Å²) in [5.74, 6) is 0.997. The molecular weight excluding hydrogens is 411 g/mol. The lowest BCUT2D eigenvalue weighted by Crippen LogP contribution is -2.13. The van der Waals surface area contributed by atoms with Gasteiger partial charge in [-0.25, -0.2) is 4.39 Å². The molecular formula is C21H20BrFN2O2. The minimum Gasteiger partial charge on any atom is -0.493 e. The molecule has 3 rings (SSSR count). The summed E-state index contributed by atoms with van der Waals surface area (Å²) in [4.78, 5) is 4.29. The summed E-state index contributed by atoms with van der Waals surface area (Å²) in [6.07, 6.45) is 1.78. The van der Waals surface area contributed by atoms with Crippen LogP contribution in [0, 0.1) is 5.82 Å². The fraction of sp³-hybridized carbons (Fsp3) is 0.190. The fourth-order valence-electron chi connectivity index (χ4n) is 2.59. The van der Waals surface area contributed by atoms with E-state index in [1.165, 1.54) is 12.1 Å². The highest BCUT2D eigenvalue weighted by atomic mass is 79.9. The molecule has 0 atom stereocenters. The van der Waals surface area contributed by atoms with Crippen LogP contribution in [0.2, 0.25) is 0 Å². The number of benzene rings is 2. The zero-order valence-corrected chi connectivity index (χ0v) is 16.5. The molecule has 0 unspecified atom stereocenters. The third-order valence-electron chi connectivity index (χ3n) is 3.95. The summed E-state index contributed by atoms with van der Waals surface area (Å²) in [5, 5.41) is 3.36. The van der Waals surface area contributed by atoms with E-state index >= 15 is 0 Å². The zero-order valence-electron chi connectivity index (χ0n) is 14.9. The van der Waals surface area contributed by atoms with Crippen molar-refractivity contribution in [3.05, 3.63) is 87.9 Å². The second-order valence-electron chi connectivity index (χ2n) is 5.95. The Morgan fingerprint density at radius 1 is 1.04 bits per heavy atom. The van der Waals surface area contributed by atoms with Gasteiger partial charge in [0.1, 0.15) is 12.4 Å². The lowest BCUT2D eigenvalue weighted by atomic mass is 10.2. The van der Waals surface area contributed by atoms with E-state index < -0.39 is 0 Å². The maximum Gasteiger partial charge on any atom is 0.175 e. The number of methoxy groups -OCH3 is 1. The molecule has 27 heavy (non-hydrogen) atoms. The summed E-state index contributed by atoms with van der Waals surface area (Å²) >= 11 is 3.56. The molecule has 0 bridgehead atoms. The molecule has 1 heterocycles. The van der Waals surface area contributed by atoms with Crippen molar-refractivity contribution in [1.82, 2.24) is 10.3 Å². The summed E-state index contributed by atoms with van der Waals surface area (Å²) in [7, 11) is 1.61. The molecule has 3 aromatic rings. The van der Waals surface area contributed by atoms with Gasteiger partial charge in [0.15, 0.2) is 11.5 Å². The molecule has 0 amide bonds. The molecule has 0 spiro atoms. The van der Waals surface area contributed by atoms with Gasteiger partial charge in [0.25, 0.3) is 0 Å². The Kier molecular flexibility index (Phi) is 6.79. The molecule has 0 aliphatic carbocycles. The molecule has 0 saturated heterocycles. The van der Waals surface area contributed by atoms with Gasteiger partial charge in [-0.3, -0.25) is 4.98 Å². The first-order valence-corrected chi connectivity index (χ1v) is 9.29. The summed E-state index contributed by atoms with van der Waals surface area (Å²) in [5.41, 5.74) is 2.93. The fourth-order valence-corrected chi connectivity index (χ4v) is 3.19. The molecule has 0 saturated carbocycles. The monoisotopic (exact) mass is 430 g/mol. The van der Waals surface area contributed by atoms with E-state index in [2.05, 4.69) is 26.2 Å². The van der Waals surface area contributed by atoms with Crippen molar-refractivity contribution >= 4 is 15.9 Å². The predicted octanol–water partition coefficient (Wildman–Crippen LogP) is 4.86. The van der Waals surface area contributed by atoms with Crippen LogP contribution < -0.4 is 14.8 Å². The van der Waals surface area contributed by atoms with Gasteiger partial charge < -0.3 is 14.8 Å². The van der Waals surface area contributed by atoms with Gasteiger partial charge in [-0.15, -0.1) is 0 Å². The molecule has 0 radical (unpaired) electrons. The van der Waals surface area contributed by atoms with Crippen molar-refractivity contribution in [1.29, 1.82) is 0 Å². The first kappa shape index (κ1) is 19.3. The Morgan fingerprint density at radius 2 is 1.85 bits per heavy atom. The Morgan fingerprint density at radius 3 is 2.56 bits per heavy atom. The zero-order chi connectivity index (χ0) is 19.1. The summed E-state index contributed by atoms with van der Waals surface area (Å²) in [6, 6.07) is 16.0. The third kappa shape index (κ3) is 5.52. The lowest BCUT2D eigenvalue weighted by Gasteiger charge is -2.15. The number of ether oxygens (including phenoxy) is 2. The molecule has 140 valence electrons. The van der Waals surface area contributed by atoms with Gasteiger partial charge in [0.05, 0.1) is 17.3 Å². The van der Waals surface area contributed by atoms with Crippen molar-refractivity contribution < 1.29 is 13.9 Å². The van der Waals surface area contributed by atoms with Crippen LogP contribution in [-0.4, -0.2) is 12.1 Å². The molecule has 0 aliphatic heterocycles. The van der Waals surface area contributed by atoms with Crippen LogP contribution in [0.1, 0.15) is 16.8 Å². The lowest BCUT2D eigenvalue weighted by molar-refractivity contribution is 0.282. The maximum atomic E-state index is 13.0. The average Bonchev–Trinajstić information content (AvgIpc) is 2.69. The van der Waals surface area contributed by atoms with Crippen molar-refractivity contribution in [2.24, 2.45) is 0 Å². The smallest absolute Gasteiger partial charge is 0.175 e. The van der Waals surface area contributed by atoms with E-state index in [1.807, 2.05) is 30.3 Å². The van der Waals surface area contributed by atoms with Gasteiger partial charge in [-0.05, 0) is 63.5 Å². The number of aromatic nitrogens is 1. The molecule has 4 nitrogen and oxygen atoms in total. The van der Waals surface area contributed by atoms with Crippen molar-refractivity contribution in [2.45, 2.75) is 19.7 Å². The number of rotatable bonds is 8. The largest absolute Gasteiger partial charge is 0.493 e. The minimum absolute atomic E-state index is 0.264. The van der Waals surface area contributed by atoms with Crippen LogP contribution in [0.25, 0.3) is 0 Å². The van der Waals surface area contributed by atoms with E-state index in [9.17, 15) is 4.39 Å². The predicted molar refractivity (Wildman–Crippen MR) is 106 cm³/mol. The Hall–Kier alpha value is -2.44. The summed E-state index contributed by atoms with van der Waals surface area (Å²) in [6.45, 7) is 1.68. The highest BCUT2D eigenvalue weighted by molar-refractivity contribution is 9.10. The van der Waals surface area contributed by atoms with Crippen LogP contribution in [0.15, 0.2) is 65.3 Å². The Bertz CT molecular complexity index is 873. The topological polar surface area (TPSA) is 43.4 Å². The van der Waals surface area contributed by atoms with E-state index in [0.717, 1.165) is 21.3 Å². The normalized spacial score (nSPS) is 10.6. The number of pyridine rings is 1. The minimum atomic E-state index is -0.264. The second kappa shape index (κ2) is 9.48. The van der Waals surface area contributed by atoms with Gasteiger partial charge in [0.2, 0.25) is 0 Å². The molecule has 2 aromatic carbocycles. The number of nitrogens with zero attached hydrogens (tertiary/aromatic N) is 1. The molecule has 0 fully saturated rings. The Balaban J connectivity index is 1.64. The van der Waals surface area contributed by atoms with Gasteiger partial charge in [-0.2, -0.15) is 0 Å². The van der Waals surface area contributed by atoms with Crippen LogP contribution in [0.4, 0.5) is 4.39 Å². The highest BCUT2D eigenvalue weighted by Gasteiger charge is 2.12. The first-order chi connectivity index (χ1) is 13.2. The second-order valence-corrected chi connectivity index (χ2v) is 6.80. The van der Waals surface area contributed by atoms with Crippen LogP contribution in [-0.2, 0) is 19.7 Å². The van der Waals surface area contributed by atoms with Crippen molar-refractivity contribution in [3.8, 4) is 11.5 Å². The number of hydrogen-bond donors (Lipinski definition) is 1. The average molecular weight is 431 g/mol. The molecule has 1 aromatic heterocycles. The molecule has 0 aliphatic rings. The standard InChI is InChI=1S/C21H20BrFN2O2/c1-26-20-11-16(12-24-13-18-4-2-3-9-25-18)10-19(22)21(20)27-14-15-5-7-17(23)8-6-15/h2-11,24H,12-14H2,1H3. The Labute approximate surface area is 166 Å². The van der Waals surface area contributed by atoms with Crippen LogP contribution in [0.3, 0.4) is 0 Å². The highest BCUT2D eigenvalue weighted by Crippen LogP contribution is 2.37. The van der Waals surface area contributed by atoms with Gasteiger partial charge in [0, 0.05) is 19.3 Å². The van der Waals surface area contributed by atoms with E-state index in [0.29, 0.717) is 31.2 Å². The first-order valence-electron chi connectivity index (χ1n) is 8.50. The van der Waals surface area contributed by atoms with Crippen LogP contribution in [0.5, 0.6) is 11.5 Å². The summed E-state index contributed by atoms with van der Waals surface area (Å²) < 4.78 is 25.2.